The van der Waals surface area contributed by atoms with Crippen LogP contribution in [0.1, 0.15) is 19.4 Å². The third kappa shape index (κ3) is 5.02. The Morgan fingerprint density at radius 2 is 2.18 bits per heavy atom. The lowest BCUT2D eigenvalue weighted by molar-refractivity contribution is 0.507. The summed E-state index contributed by atoms with van der Waals surface area (Å²) in [4.78, 5) is 0. The molecule has 0 heterocycles. The Hall–Kier alpha value is -0.640. The molecular formula is C13H20ClFN2. The maximum atomic E-state index is 13.5. The molecule has 0 saturated carbocycles. The first-order chi connectivity index (χ1) is 8.15. The zero-order valence-electron chi connectivity index (χ0n) is 10.4. The second-order valence-electron chi connectivity index (χ2n) is 4.11. The minimum absolute atomic E-state index is 0.223. The molecule has 0 spiro atoms. The summed E-state index contributed by atoms with van der Waals surface area (Å²) in [6.07, 6.45) is 0.613. The van der Waals surface area contributed by atoms with E-state index in [9.17, 15) is 4.39 Å². The summed E-state index contributed by atoms with van der Waals surface area (Å²) in [6.45, 7) is 6.79. The fraction of sp³-hybridized carbons (Fsp3) is 0.538. The Morgan fingerprint density at radius 3 is 2.82 bits per heavy atom. The number of benzene rings is 1. The number of halogens is 2. The van der Waals surface area contributed by atoms with Gasteiger partial charge in [0, 0.05) is 23.2 Å². The fourth-order valence-electron chi connectivity index (χ4n) is 1.65. The average Bonchev–Trinajstić information content (AvgIpc) is 2.30. The maximum absolute atomic E-state index is 13.5. The molecule has 1 unspecified atom stereocenters. The highest BCUT2D eigenvalue weighted by atomic mass is 35.5. The van der Waals surface area contributed by atoms with Crippen LogP contribution in [0, 0.1) is 5.82 Å². The molecule has 0 aromatic heterocycles. The van der Waals surface area contributed by atoms with Gasteiger partial charge in [-0.2, -0.15) is 0 Å². The molecule has 96 valence electrons. The summed E-state index contributed by atoms with van der Waals surface area (Å²) in [5, 5.41) is 7.10. The molecule has 0 aliphatic heterocycles. The van der Waals surface area contributed by atoms with Gasteiger partial charge < -0.3 is 10.6 Å². The Labute approximate surface area is 108 Å². The van der Waals surface area contributed by atoms with Crippen molar-refractivity contribution in [3.05, 3.63) is 34.6 Å². The first-order valence-corrected chi connectivity index (χ1v) is 6.40. The van der Waals surface area contributed by atoms with Gasteiger partial charge in [0.2, 0.25) is 0 Å². The Bertz CT molecular complexity index is 324. The zero-order valence-corrected chi connectivity index (χ0v) is 11.1. The van der Waals surface area contributed by atoms with E-state index in [1.165, 1.54) is 6.07 Å². The van der Waals surface area contributed by atoms with Crippen LogP contribution in [-0.2, 0) is 6.42 Å². The zero-order chi connectivity index (χ0) is 12.7. The molecule has 1 rings (SSSR count). The van der Waals surface area contributed by atoms with Crippen LogP contribution in [0.15, 0.2) is 18.2 Å². The van der Waals surface area contributed by atoms with Gasteiger partial charge in [0.1, 0.15) is 5.82 Å². The second-order valence-corrected chi connectivity index (χ2v) is 4.52. The van der Waals surface area contributed by atoms with Crippen LogP contribution in [0.5, 0.6) is 0 Å². The third-order valence-electron chi connectivity index (χ3n) is 2.63. The number of hydrogen-bond acceptors (Lipinski definition) is 2. The molecule has 0 amide bonds. The molecule has 17 heavy (non-hydrogen) atoms. The van der Waals surface area contributed by atoms with Gasteiger partial charge in [-0.1, -0.05) is 24.6 Å². The molecule has 0 radical (unpaired) electrons. The minimum Gasteiger partial charge on any atom is -0.315 e. The summed E-state index contributed by atoms with van der Waals surface area (Å²) < 4.78 is 13.5. The summed E-state index contributed by atoms with van der Waals surface area (Å²) in [5.74, 6) is -0.223. The molecule has 4 heteroatoms. The Balaban J connectivity index is 2.35. The lowest BCUT2D eigenvalue weighted by Crippen LogP contribution is -2.37. The van der Waals surface area contributed by atoms with Crippen molar-refractivity contribution in [2.45, 2.75) is 26.3 Å². The van der Waals surface area contributed by atoms with Crippen molar-refractivity contribution < 1.29 is 4.39 Å². The van der Waals surface area contributed by atoms with Gasteiger partial charge in [-0.25, -0.2) is 4.39 Å². The molecule has 0 saturated heterocycles. The molecule has 1 aromatic rings. The van der Waals surface area contributed by atoms with Crippen molar-refractivity contribution in [3.8, 4) is 0 Å². The maximum Gasteiger partial charge on any atom is 0.127 e. The van der Waals surface area contributed by atoms with Crippen molar-refractivity contribution in [1.29, 1.82) is 0 Å². The molecule has 0 aliphatic rings. The van der Waals surface area contributed by atoms with E-state index in [-0.39, 0.29) is 5.82 Å². The van der Waals surface area contributed by atoms with E-state index >= 15 is 0 Å². The standard InChI is InChI=1S/C13H20ClFN2/c1-3-16-9-10(2)17-8-7-11-12(14)5-4-6-13(11)15/h4-6,10,16-17H,3,7-9H2,1-2H3. The third-order valence-corrected chi connectivity index (χ3v) is 2.98. The van der Waals surface area contributed by atoms with Gasteiger partial charge >= 0.3 is 0 Å². The average molecular weight is 259 g/mol. The highest BCUT2D eigenvalue weighted by Crippen LogP contribution is 2.18. The minimum atomic E-state index is -0.223. The molecule has 1 aromatic carbocycles. The van der Waals surface area contributed by atoms with E-state index in [2.05, 4.69) is 24.5 Å². The monoisotopic (exact) mass is 258 g/mol. The summed E-state index contributed by atoms with van der Waals surface area (Å²) in [5.41, 5.74) is 0.595. The Kier molecular flexibility index (Phi) is 6.48. The van der Waals surface area contributed by atoms with Crippen LogP contribution in [0.2, 0.25) is 5.02 Å². The van der Waals surface area contributed by atoms with Gasteiger partial charge in [-0.3, -0.25) is 0 Å². The number of rotatable bonds is 7. The van der Waals surface area contributed by atoms with E-state index in [0.29, 0.717) is 23.0 Å². The predicted molar refractivity (Wildman–Crippen MR) is 71.1 cm³/mol. The first-order valence-electron chi connectivity index (χ1n) is 6.02. The van der Waals surface area contributed by atoms with Crippen molar-refractivity contribution in [2.24, 2.45) is 0 Å². The number of nitrogens with one attached hydrogen (secondary N) is 2. The highest BCUT2D eigenvalue weighted by Gasteiger charge is 2.07. The molecule has 1 atom stereocenters. The van der Waals surface area contributed by atoms with Crippen molar-refractivity contribution in [3.63, 3.8) is 0 Å². The van der Waals surface area contributed by atoms with Crippen molar-refractivity contribution in [1.82, 2.24) is 10.6 Å². The lowest BCUT2D eigenvalue weighted by Gasteiger charge is -2.14. The molecular weight excluding hydrogens is 239 g/mol. The predicted octanol–water partition coefficient (Wildman–Crippen LogP) is 2.61. The van der Waals surface area contributed by atoms with Crippen LogP contribution in [0.25, 0.3) is 0 Å². The van der Waals surface area contributed by atoms with Crippen LogP contribution in [0.4, 0.5) is 4.39 Å². The second kappa shape index (κ2) is 7.64. The van der Waals surface area contributed by atoms with E-state index in [1.54, 1.807) is 12.1 Å². The van der Waals surface area contributed by atoms with Crippen LogP contribution < -0.4 is 10.6 Å². The number of likely N-dealkylation sites (N-methyl/N-ethyl adjacent to an activating group) is 1. The smallest absolute Gasteiger partial charge is 0.127 e. The number of hydrogen-bond donors (Lipinski definition) is 2. The largest absolute Gasteiger partial charge is 0.315 e. The van der Waals surface area contributed by atoms with Gasteiger partial charge in [0.25, 0.3) is 0 Å². The molecule has 2 N–H and O–H groups in total. The van der Waals surface area contributed by atoms with E-state index in [1.807, 2.05) is 0 Å². The quantitative estimate of drug-likeness (QED) is 0.786. The molecule has 0 bridgehead atoms. The SMILES string of the molecule is CCNCC(C)NCCc1c(F)cccc1Cl. The van der Waals surface area contributed by atoms with Gasteiger partial charge in [0.05, 0.1) is 0 Å². The van der Waals surface area contributed by atoms with Crippen LogP contribution in [-0.4, -0.2) is 25.7 Å². The lowest BCUT2D eigenvalue weighted by atomic mass is 10.1. The summed E-state index contributed by atoms with van der Waals surface area (Å²) >= 11 is 5.95. The van der Waals surface area contributed by atoms with Gasteiger partial charge in [0.15, 0.2) is 0 Å². The van der Waals surface area contributed by atoms with E-state index < -0.39 is 0 Å². The van der Waals surface area contributed by atoms with E-state index in [0.717, 1.165) is 19.6 Å². The van der Waals surface area contributed by atoms with Gasteiger partial charge in [-0.15, -0.1) is 0 Å². The molecule has 0 fully saturated rings. The van der Waals surface area contributed by atoms with E-state index in [4.69, 9.17) is 11.6 Å². The van der Waals surface area contributed by atoms with Crippen LogP contribution >= 0.6 is 11.6 Å². The normalized spacial score (nSPS) is 12.7. The summed E-state index contributed by atoms with van der Waals surface area (Å²) in [6, 6.07) is 5.17. The van der Waals surface area contributed by atoms with Gasteiger partial charge in [-0.05, 0) is 38.6 Å². The van der Waals surface area contributed by atoms with Crippen molar-refractivity contribution in [2.75, 3.05) is 19.6 Å². The Morgan fingerprint density at radius 1 is 1.41 bits per heavy atom. The summed E-state index contributed by atoms with van der Waals surface area (Å²) in [7, 11) is 0. The molecule has 0 aliphatic carbocycles. The fourth-order valence-corrected chi connectivity index (χ4v) is 1.91. The van der Waals surface area contributed by atoms with Crippen molar-refractivity contribution >= 4 is 11.6 Å². The highest BCUT2D eigenvalue weighted by molar-refractivity contribution is 6.31. The first kappa shape index (κ1) is 14.4. The topological polar surface area (TPSA) is 24.1 Å². The van der Waals surface area contributed by atoms with Crippen LogP contribution in [0.3, 0.4) is 0 Å². The molecule has 2 nitrogen and oxygen atoms in total.